The van der Waals surface area contributed by atoms with Crippen LogP contribution in [0.2, 0.25) is 0 Å². The van der Waals surface area contributed by atoms with Gasteiger partial charge in [-0.3, -0.25) is 0 Å². The fraction of sp³-hybridized carbons (Fsp3) is 0.500. The molecule has 2 aromatic rings. The fourth-order valence-corrected chi connectivity index (χ4v) is 5.00. The highest BCUT2D eigenvalue weighted by Gasteiger charge is 2.41. The van der Waals surface area contributed by atoms with E-state index in [1.165, 1.54) is 36.9 Å². The molecular weight excluding hydrogens is 350 g/mol. The summed E-state index contributed by atoms with van der Waals surface area (Å²) in [5.41, 5.74) is 3.90. The molecule has 0 N–H and O–H groups in total. The predicted octanol–water partition coefficient (Wildman–Crippen LogP) is 3.86. The molecule has 0 radical (unpaired) electrons. The van der Waals surface area contributed by atoms with Gasteiger partial charge in [0.2, 0.25) is 0 Å². The highest BCUT2D eigenvalue weighted by molar-refractivity contribution is 5.43. The van der Waals surface area contributed by atoms with Crippen molar-refractivity contribution in [3.05, 3.63) is 53.1 Å². The smallest absolute Gasteiger partial charge is 0.119 e. The number of likely N-dealkylation sites (N-methyl/N-ethyl adjacent to an activating group) is 1. The number of hydrogen-bond acceptors (Lipinski definition) is 3. The van der Waals surface area contributed by atoms with Crippen molar-refractivity contribution in [3.8, 4) is 17.2 Å². The fourth-order valence-electron chi connectivity index (χ4n) is 5.00. The third kappa shape index (κ3) is 3.58. The number of methoxy groups -OCH3 is 2. The average molecular weight is 382 g/mol. The van der Waals surface area contributed by atoms with E-state index in [1.807, 2.05) is 12.1 Å². The van der Waals surface area contributed by atoms with E-state index < -0.39 is 0 Å². The molecule has 0 bridgehead atoms. The topological polar surface area (TPSA) is 41.5 Å². The highest BCUT2D eigenvalue weighted by Crippen LogP contribution is 2.42. The average Bonchev–Trinajstić information content (AvgIpc) is 2.67. The summed E-state index contributed by atoms with van der Waals surface area (Å²) in [7, 11) is 5.69. The Bertz CT molecular complexity index is 846. The first kappa shape index (κ1) is 19.1. The molecule has 1 heterocycles. The van der Waals surface area contributed by atoms with E-state index in [0.717, 1.165) is 41.1 Å². The van der Waals surface area contributed by atoms with E-state index >= 15 is 0 Å². The van der Waals surface area contributed by atoms with Gasteiger partial charge in [-0.15, -0.1) is 0 Å². The first-order valence-corrected chi connectivity index (χ1v) is 10.4. The highest BCUT2D eigenvalue weighted by atomic mass is 16.5. The van der Waals surface area contributed by atoms with Gasteiger partial charge in [-0.05, 0) is 48.2 Å². The van der Waals surface area contributed by atoms with Crippen molar-refractivity contribution in [2.45, 2.75) is 38.1 Å². The molecule has 0 spiro atoms. The van der Waals surface area contributed by atoms with Gasteiger partial charge >= 0.3 is 0 Å². The second-order valence-electron chi connectivity index (χ2n) is 8.70. The Balaban J connectivity index is 1.68. The van der Waals surface area contributed by atoms with E-state index in [1.54, 1.807) is 20.3 Å². The van der Waals surface area contributed by atoms with Gasteiger partial charge in [0, 0.05) is 24.3 Å². The molecule has 0 saturated heterocycles. The van der Waals surface area contributed by atoms with Gasteiger partial charge in [-0.2, -0.15) is 0 Å². The molecule has 1 aliphatic heterocycles. The molecule has 2 aliphatic rings. The van der Waals surface area contributed by atoms with Crippen molar-refractivity contribution in [2.75, 3.05) is 34.4 Å². The Hall–Kier alpha value is -2.20. The van der Waals surface area contributed by atoms with Crippen LogP contribution in [0, 0.1) is 5.92 Å². The van der Waals surface area contributed by atoms with Crippen LogP contribution in [0.25, 0.3) is 0 Å². The molecule has 0 aromatic heterocycles. The third-order valence-electron chi connectivity index (χ3n) is 6.91. The van der Waals surface area contributed by atoms with Gasteiger partial charge in [-0.25, -0.2) is 0 Å². The summed E-state index contributed by atoms with van der Waals surface area (Å²) in [5.74, 6) is 2.17. The zero-order valence-corrected chi connectivity index (χ0v) is 17.2. The van der Waals surface area contributed by atoms with Crippen LogP contribution in [0.1, 0.15) is 42.0 Å². The van der Waals surface area contributed by atoms with Crippen LogP contribution in [-0.2, 0) is 12.8 Å². The summed E-state index contributed by atoms with van der Waals surface area (Å²) < 4.78 is 11.7. The summed E-state index contributed by atoms with van der Waals surface area (Å²) in [6.45, 7) is 2.37. The number of quaternary nitrogens is 1. The molecular formula is C24H31NO3. The lowest BCUT2D eigenvalue weighted by molar-refractivity contribution is -0.945. The van der Waals surface area contributed by atoms with E-state index in [-0.39, 0.29) is 5.75 Å². The molecule has 1 fully saturated rings. The van der Waals surface area contributed by atoms with E-state index in [0.29, 0.717) is 11.8 Å². The van der Waals surface area contributed by atoms with Crippen molar-refractivity contribution < 1.29 is 19.1 Å². The predicted molar refractivity (Wildman–Crippen MR) is 109 cm³/mol. The number of nitrogens with zero attached hydrogens (tertiary/aromatic N) is 1. The van der Waals surface area contributed by atoms with Gasteiger partial charge in [-0.1, -0.05) is 24.3 Å². The quantitative estimate of drug-likeness (QED) is 0.714. The zero-order chi connectivity index (χ0) is 19.7. The molecule has 4 rings (SSSR count). The van der Waals surface area contributed by atoms with Crippen molar-refractivity contribution >= 4 is 0 Å². The number of benzene rings is 2. The molecule has 150 valence electrons. The number of fused-ring (bicyclic) bond motifs is 1. The molecule has 4 nitrogen and oxygen atoms in total. The van der Waals surface area contributed by atoms with Crippen LogP contribution in [0.4, 0.5) is 0 Å². The number of rotatable bonds is 6. The van der Waals surface area contributed by atoms with Crippen LogP contribution in [-0.4, -0.2) is 38.8 Å². The summed E-state index contributed by atoms with van der Waals surface area (Å²) in [6.07, 6.45) is 6.07. The number of hydrogen-bond donors (Lipinski definition) is 0. The summed E-state index contributed by atoms with van der Waals surface area (Å²) in [6, 6.07) is 12.5. The van der Waals surface area contributed by atoms with Crippen molar-refractivity contribution in [1.29, 1.82) is 0 Å². The Labute approximate surface area is 168 Å². The van der Waals surface area contributed by atoms with E-state index in [4.69, 9.17) is 9.47 Å². The van der Waals surface area contributed by atoms with Gasteiger partial charge in [0.1, 0.15) is 17.5 Å². The zero-order valence-electron chi connectivity index (χ0n) is 17.2. The van der Waals surface area contributed by atoms with Crippen LogP contribution < -0.4 is 14.6 Å². The third-order valence-corrected chi connectivity index (χ3v) is 6.91. The minimum absolute atomic E-state index is 0.0287. The Morgan fingerprint density at radius 2 is 1.89 bits per heavy atom. The molecule has 1 saturated carbocycles. The second-order valence-corrected chi connectivity index (χ2v) is 8.70. The normalized spacial score (nSPS) is 24.3. The van der Waals surface area contributed by atoms with Gasteiger partial charge in [0.15, 0.2) is 0 Å². The van der Waals surface area contributed by atoms with Gasteiger partial charge in [0.25, 0.3) is 0 Å². The first-order chi connectivity index (χ1) is 13.5. The largest absolute Gasteiger partial charge is 0.870 e. The van der Waals surface area contributed by atoms with E-state index in [9.17, 15) is 5.11 Å². The Morgan fingerprint density at radius 3 is 2.54 bits per heavy atom. The minimum Gasteiger partial charge on any atom is -0.870 e. The lowest BCUT2D eigenvalue weighted by atomic mass is 9.81. The standard InChI is InChI=1S/C24H31NO3/c1-25(16-17-5-4-6-17)12-11-19-15-20(27-2)8-9-21(19)22(25)13-18-7-10-24(28-3)23(26)14-18/h7-10,14-15,17,22H,4-6,11-13,16H2,1-3H3/t22-,25+/m0/s1. The molecule has 2 aromatic carbocycles. The monoisotopic (exact) mass is 381 g/mol. The summed E-state index contributed by atoms with van der Waals surface area (Å²) in [5, 5.41) is 12.3. The summed E-state index contributed by atoms with van der Waals surface area (Å²) >= 11 is 0. The summed E-state index contributed by atoms with van der Waals surface area (Å²) in [4.78, 5) is 0. The van der Waals surface area contributed by atoms with Gasteiger partial charge < -0.3 is 19.1 Å². The molecule has 28 heavy (non-hydrogen) atoms. The van der Waals surface area contributed by atoms with Crippen LogP contribution in [0.3, 0.4) is 0 Å². The molecule has 1 aliphatic carbocycles. The molecule has 0 unspecified atom stereocenters. The van der Waals surface area contributed by atoms with Crippen LogP contribution in [0.5, 0.6) is 17.2 Å². The maximum absolute atomic E-state index is 12.3. The molecule has 0 amide bonds. The SMILES string of the molecule is COc1ccc2c(c1)CC[N@+](C)(CC1CCC1)[C@H]2Cc1ccc(OC)c([O-])c1. The first-order valence-electron chi connectivity index (χ1n) is 10.4. The van der Waals surface area contributed by atoms with Gasteiger partial charge in [0.05, 0.1) is 34.4 Å². The lowest BCUT2D eigenvalue weighted by Gasteiger charge is -2.48. The minimum atomic E-state index is -0.0287. The Morgan fingerprint density at radius 1 is 1.07 bits per heavy atom. The molecule has 2 atom stereocenters. The number of ether oxygens (including phenoxy) is 2. The lowest BCUT2D eigenvalue weighted by Crippen LogP contribution is -2.55. The maximum Gasteiger partial charge on any atom is 0.119 e. The van der Waals surface area contributed by atoms with Crippen molar-refractivity contribution in [1.82, 2.24) is 0 Å². The van der Waals surface area contributed by atoms with Crippen LogP contribution in [0.15, 0.2) is 36.4 Å². The molecule has 4 heteroatoms. The second kappa shape index (κ2) is 7.67. The van der Waals surface area contributed by atoms with Crippen molar-refractivity contribution in [2.24, 2.45) is 5.92 Å². The maximum atomic E-state index is 12.3. The Kier molecular flexibility index (Phi) is 5.24. The van der Waals surface area contributed by atoms with E-state index in [2.05, 4.69) is 25.2 Å². The van der Waals surface area contributed by atoms with Crippen molar-refractivity contribution in [3.63, 3.8) is 0 Å². The van der Waals surface area contributed by atoms with Crippen LogP contribution >= 0.6 is 0 Å².